The molecule has 3 rings (SSSR count). The maximum absolute atomic E-state index is 11.7. The zero-order valence-electron chi connectivity index (χ0n) is 16.8. The molecule has 3 aliphatic rings. The Balaban J connectivity index is 1.46. The first-order valence-corrected chi connectivity index (χ1v) is 10.4. The highest BCUT2D eigenvalue weighted by Crippen LogP contribution is 2.31. The Labute approximate surface area is 158 Å². The molecule has 0 aromatic rings. The fourth-order valence-corrected chi connectivity index (χ4v) is 5.19. The summed E-state index contributed by atoms with van der Waals surface area (Å²) in [4.78, 5) is 18.7. The number of carbonyl (C=O) groups is 1. The minimum atomic E-state index is -0.772. The van der Waals surface area contributed by atoms with E-state index in [4.69, 9.17) is 4.74 Å². The van der Waals surface area contributed by atoms with E-state index < -0.39 is 6.09 Å². The Morgan fingerprint density at radius 2 is 1.35 bits per heavy atom. The molecule has 26 heavy (non-hydrogen) atoms. The first-order chi connectivity index (χ1) is 12.4. The highest BCUT2D eigenvalue weighted by Gasteiger charge is 2.37. The van der Waals surface area contributed by atoms with Crippen LogP contribution >= 0.6 is 0 Å². The number of nitrogens with zero attached hydrogens (tertiary/aromatic N) is 3. The van der Waals surface area contributed by atoms with Gasteiger partial charge in [-0.1, -0.05) is 0 Å². The van der Waals surface area contributed by atoms with Crippen LogP contribution in [0.2, 0.25) is 0 Å². The molecule has 0 radical (unpaired) electrons. The van der Waals surface area contributed by atoms with E-state index in [-0.39, 0.29) is 11.6 Å². The summed E-state index contributed by atoms with van der Waals surface area (Å²) >= 11 is 0. The van der Waals surface area contributed by atoms with Crippen LogP contribution in [-0.4, -0.2) is 89.0 Å². The molecular formula is C20H37N3O3. The van der Waals surface area contributed by atoms with Crippen LogP contribution < -0.4 is 0 Å². The van der Waals surface area contributed by atoms with Crippen LogP contribution in [0.5, 0.6) is 0 Å². The van der Waals surface area contributed by atoms with Crippen molar-refractivity contribution < 1.29 is 14.6 Å². The average Bonchev–Trinajstić information content (AvgIpc) is 2.62. The summed E-state index contributed by atoms with van der Waals surface area (Å²) in [5.74, 6) is 0. The van der Waals surface area contributed by atoms with Crippen LogP contribution in [0.3, 0.4) is 0 Å². The molecule has 0 unspecified atom stereocenters. The fourth-order valence-electron chi connectivity index (χ4n) is 5.19. The highest BCUT2D eigenvalue weighted by atomic mass is 16.5. The zero-order valence-corrected chi connectivity index (χ0v) is 16.8. The van der Waals surface area contributed by atoms with E-state index in [9.17, 15) is 9.90 Å². The summed E-state index contributed by atoms with van der Waals surface area (Å²) in [6.07, 6.45) is 5.84. The van der Waals surface area contributed by atoms with Crippen molar-refractivity contribution in [3.8, 4) is 0 Å². The molecule has 0 aromatic carbocycles. The van der Waals surface area contributed by atoms with E-state index in [1.54, 1.807) is 4.90 Å². The third-order valence-electron chi connectivity index (χ3n) is 6.53. The Hall–Kier alpha value is -0.850. The first-order valence-electron chi connectivity index (χ1n) is 10.4. The van der Waals surface area contributed by atoms with Crippen molar-refractivity contribution in [2.24, 2.45) is 0 Å². The van der Waals surface area contributed by atoms with E-state index in [0.717, 1.165) is 58.0 Å². The molecule has 6 heteroatoms. The zero-order chi connectivity index (χ0) is 18.7. The van der Waals surface area contributed by atoms with Gasteiger partial charge in [0.1, 0.15) is 0 Å². The van der Waals surface area contributed by atoms with Crippen molar-refractivity contribution in [2.45, 2.75) is 83.0 Å². The summed E-state index contributed by atoms with van der Waals surface area (Å²) in [5.41, 5.74) is -0.321. The molecule has 1 amide bonds. The summed E-state index contributed by atoms with van der Waals surface area (Å²) in [5, 5.41) is 9.63. The van der Waals surface area contributed by atoms with Crippen molar-refractivity contribution >= 4 is 6.09 Å². The molecule has 2 saturated heterocycles. The fraction of sp³-hybridized carbons (Fsp3) is 0.950. The van der Waals surface area contributed by atoms with Gasteiger partial charge in [-0.2, -0.15) is 0 Å². The van der Waals surface area contributed by atoms with Crippen LogP contribution in [0, 0.1) is 0 Å². The second-order valence-electron chi connectivity index (χ2n) is 9.20. The van der Waals surface area contributed by atoms with Gasteiger partial charge < -0.3 is 14.7 Å². The normalized spacial score (nSPS) is 30.3. The molecule has 0 bridgehead atoms. The molecule has 6 nitrogen and oxygen atoms in total. The van der Waals surface area contributed by atoms with Crippen LogP contribution in [0.15, 0.2) is 0 Å². The van der Waals surface area contributed by atoms with E-state index in [2.05, 4.69) is 9.80 Å². The van der Waals surface area contributed by atoms with Gasteiger partial charge in [0.25, 0.3) is 0 Å². The number of amides is 1. The van der Waals surface area contributed by atoms with E-state index >= 15 is 0 Å². The quantitative estimate of drug-likeness (QED) is 0.831. The van der Waals surface area contributed by atoms with E-state index in [0.29, 0.717) is 6.04 Å². The van der Waals surface area contributed by atoms with Gasteiger partial charge in [-0.25, -0.2) is 4.79 Å². The third kappa shape index (κ3) is 4.70. The van der Waals surface area contributed by atoms with Crippen molar-refractivity contribution in [2.75, 3.05) is 39.4 Å². The Morgan fingerprint density at radius 3 is 1.77 bits per heavy atom. The largest absolute Gasteiger partial charge is 0.465 e. The molecule has 0 atom stereocenters. The summed E-state index contributed by atoms with van der Waals surface area (Å²) in [6, 6.07) is 1.53. The number of ether oxygens (including phenoxy) is 1. The van der Waals surface area contributed by atoms with Crippen molar-refractivity contribution in [1.29, 1.82) is 0 Å². The predicted octanol–water partition coefficient (Wildman–Crippen LogP) is 2.87. The smallest absolute Gasteiger partial charge is 0.407 e. The minimum absolute atomic E-state index is 0.173. The lowest BCUT2D eigenvalue weighted by Crippen LogP contribution is -2.56. The van der Waals surface area contributed by atoms with Crippen LogP contribution in [0.25, 0.3) is 0 Å². The summed E-state index contributed by atoms with van der Waals surface area (Å²) in [6.45, 7) is 12.5. The Kier molecular flexibility index (Phi) is 6.46. The number of rotatable bonds is 3. The number of carboxylic acid groups (broad SMARTS) is 1. The molecular weight excluding hydrogens is 330 g/mol. The molecule has 1 saturated carbocycles. The predicted molar refractivity (Wildman–Crippen MR) is 103 cm³/mol. The van der Waals surface area contributed by atoms with E-state index in [1.165, 1.54) is 25.9 Å². The lowest BCUT2D eigenvalue weighted by Gasteiger charge is -2.47. The third-order valence-corrected chi connectivity index (χ3v) is 6.53. The second kappa shape index (κ2) is 8.44. The first kappa shape index (κ1) is 19.9. The SMILES string of the molecule is CC(C)(C)N(C(=O)O)C1CCC(N2CCN(C3CCOCC3)CC2)CC1. The molecule has 0 aromatic heterocycles. The van der Waals surface area contributed by atoms with Gasteiger partial charge in [-0.3, -0.25) is 9.80 Å². The molecule has 2 heterocycles. The van der Waals surface area contributed by atoms with Crippen molar-refractivity contribution in [1.82, 2.24) is 14.7 Å². The number of hydrogen-bond donors (Lipinski definition) is 1. The summed E-state index contributed by atoms with van der Waals surface area (Å²) < 4.78 is 5.49. The standard InChI is InChI=1S/C20H37N3O3/c1-20(2,3)23(19(24)25)18-6-4-16(5-7-18)21-10-12-22(13-11-21)17-8-14-26-15-9-17/h16-18H,4-15H2,1-3H3,(H,24,25). The van der Waals surface area contributed by atoms with Crippen molar-refractivity contribution in [3.63, 3.8) is 0 Å². The number of hydrogen-bond acceptors (Lipinski definition) is 4. The molecule has 2 aliphatic heterocycles. The maximum Gasteiger partial charge on any atom is 0.407 e. The highest BCUT2D eigenvalue weighted by molar-refractivity contribution is 5.66. The van der Waals surface area contributed by atoms with Gasteiger partial charge in [0, 0.05) is 63.1 Å². The molecule has 1 N–H and O–H groups in total. The van der Waals surface area contributed by atoms with Gasteiger partial charge >= 0.3 is 6.09 Å². The van der Waals surface area contributed by atoms with Gasteiger partial charge in [-0.05, 0) is 59.3 Å². The van der Waals surface area contributed by atoms with Gasteiger partial charge in [0.2, 0.25) is 0 Å². The topological polar surface area (TPSA) is 56.3 Å². The molecule has 1 aliphatic carbocycles. The van der Waals surface area contributed by atoms with Gasteiger partial charge in [-0.15, -0.1) is 0 Å². The van der Waals surface area contributed by atoms with E-state index in [1.807, 2.05) is 20.8 Å². The monoisotopic (exact) mass is 367 g/mol. The average molecular weight is 368 g/mol. The van der Waals surface area contributed by atoms with Crippen LogP contribution in [0.4, 0.5) is 4.79 Å². The Morgan fingerprint density at radius 1 is 0.885 bits per heavy atom. The maximum atomic E-state index is 11.7. The lowest BCUT2D eigenvalue weighted by molar-refractivity contribution is -0.00384. The molecule has 0 spiro atoms. The second-order valence-corrected chi connectivity index (χ2v) is 9.20. The van der Waals surface area contributed by atoms with Crippen LogP contribution in [0.1, 0.15) is 59.3 Å². The van der Waals surface area contributed by atoms with Crippen LogP contribution in [-0.2, 0) is 4.74 Å². The summed E-state index contributed by atoms with van der Waals surface area (Å²) in [7, 11) is 0. The molecule has 150 valence electrons. The number of piperazine rings is 1. The minimum Gasteiger partial charge on any atom is -0.465 e. The Bertz CT molecular complexity index is 457. The van der Waals surface area contributed by atoms with Gasteiger partial charge in [0.15, 0.2) is 0 Å². The lowest BCUT2D eigenvalue weighted by atomic mass is 9.87. The molecule has 3 fully saturated rings. The van der Waals surface area contributed by atoms with Gasteiger partial charge in [0.05, 0.1) is 0 Å². The van der Waals surface area contributed by atoms with Crippen molar-refractivity contribution in [3.05, 3.63) is 0 Å².